The van der Waals surface area contributed by atoms with Crippen molar-refractivity contribution in [3.63, 3.8) is 0 Å². The molecule has 0 aromatic heterocycles. The van der Waals surface area contributed by atoms with Crippen molar-refractivity contribution < 1.29 is 19.1 Å². The third kappa shape index (κ3) is 9.78. The van der Waals surface area contributed by atoms with Crippen LogP contribution in [0.25, 0.3) is 0 Å². The molecule has 0 unspecified atom stereocenters. The molecular formula is C32H47ClO4. The average molecular weight is 531 g/mol. The van der Waals surface area contributed by atoms with Gasteiger partial charge >= 0.3 is 11.9 Å². The lowest BCUT2D eigenvalue weighted by atomic mass is 9.69. The average Bonchev–Trinajstić information content (AvgIpc) is 2.89. The molecule has 0 N–H and O–H groups in total. The lowest BCUT2D eigenvalue weighted by Gasteiger charge is -2.37. The van der Waals surface area contributed by atoms with E-state index >= 15 is 0 Å². The molecule has 0 heterocycles. The molecule has 2 aliphatic rings. The van der Waals surface area contributed by atoms with Crippen molar-refractivity contribution in [2.45, 2.75) is 110 Å². The highest BCUT2D eigenvalue weighted by atomic mass is 35.5. The third-order valence-electron chi connectivity index (χ3n) is 8.53. The van der Waals surface area contributed by atoms with Crippen LogP contribution in [0, 0.1) is 23.7 Å². The van der Waals surface area contributed by atoms with Gasteiger partial charge in [-0.1, -0.05) is 69.7 Å². The summed E-state index contributed by atoms with van der Waals surface area (Å²) < 4.78 is 10.9. The maximum Gasteiger partial charge on any atom is 0.333 e. The minimum atomic E-state index is -0.319. The van der Waals surface area contributed by atoms with Crippen LogP contribution in [0.5, 0.6) is 5.75 Å². The Labute approximate surface area is 229 Å². The fourth-order valence-corrected chi connectivity index (χ4v) is 6.50. The quantitative estimate of drug-likeness (QED) is 0.110. The summed E-state index contributed by atoms with van der Waals surface area (Å²) in [4.78, 5) is 24.2. The Hall–Kier alpha value is -1.81. The number of ether oxygens (including phenoxy) is 2. The maximum atomic E-state index is 12.8. The normalized spacial score (nSPS) is 23.9. The number of benzene rings is 1. The second-order valence-electron chi connectivity index (χ2n) is 11.4. The highest BCUT2D eigenvalue weighted by molar-refractivity contribution is 6.31. The van der Waals surface area contributed by atoms with Gasteiger partial charge in [0.15, 0.2) is 0 Å². The lowest BCUT2D eigenvalue weighted by Crippen LogP contribution is -2.30. The topological polar surface area (TPSA) is 52.6 Å². The number of unbranched alkanes of at least 4 members (excludes halogenated alkanes) is 3. The predicted octanol–water partition coefficient (Wildman–Crippen LogP) is 8.88. The molecule has 1 aromatic carbocycles. The van der Waals surface area contributed by atoms with Crippen molar-refractivity contribution in [3.05, 3.63) is 40.9 Å². The summed E-state index contributed by atoms with van der Waals surface area (Å²) in [6.07, 6.45) is 17.3. The number of rotatable bonds is 13. The molecule has 0 aliphatic heterocycles. The largest absolute Gasteiger partial charge is 0.462 e. The van der Waals surface area contributed by atoms with E-state index in [2.05, 4.69) is 13.5 Å². The van der Waals surface area contributed by atoms with Crippen LogP contribution in [-0.2, 0) is 20.7 Å². The van der Waals surface area contributed by atoms with Gasteiger partial charge in [0.05, 0.1) is 12.5 Å². The Morgan fingerprint density at radius 2 is 1.59 bits per heavy atom. The first kappa shape index (κ1) is 29.7. The minimum absolute atomic E-state index is 0.0146. The SMILES string of the molecule is C=C(C)C(=O)OCCCCCCc1ccc(OC(=O)C2CCC(C3CCC(CCC)CC3)CC2)cc1Cl. The Bertz CT molecular complexity index is 879. The van der Waals surface area contributed by atoms with Crippen LogP contribution in [0.4, 0.5) is 0 Å². The molecule has 1 aromatic rings. The van der Waals surface area contributed by atoms with Crippen LogP contribution in [0.15, 0.2) is 30.4 Å². The molecule has 2 saturated carbocycles. The van der Waals surface area contributed by atoms with E-state index in [0.29, 0.717) is 23.0 Å². The molecule has 5 heteroatoms. The molecule has 0 atom stereocenters. The zero-order valence-corrected chi connectivity index (χ0v) is 23.8. The van der Waals surface area contributed by atoms with Crippen LogP contribution in [0.3, 0.4) is 0 Å². The Balaban J connectivity index is 1.33. The van der Waals surface area contributed by atoms with E-state index in [1.165, 1.54) is 51.4 Å². The molecule has 0 radical (unpaired) electrons. The summed E-state index contributed by atoms with van der Waals surface area (Å²) in [5.41, 5.74) is 1.51. The van der Waals surface area contributed by atoms with E-state index in [9.17, 15) is 9.59 Å². The molecule has 2 aliphatic carbocycles. The highest BCUT2D eigenvalue weighted by Gasteiger charge is 2.33. The van der Waals surface area contributed by atoms with Gasteiger partial charge in [-0.3, -0.25) is 4.79 Å². The Kier molecular flexibility index (Phi) is 12.5. The summed E-state index contributed by atoms with van der Waals surface area (Å²) in [5.74, 6) is 2.77. The minimum Gasteiger partial charge on any atom is -0.462 e. The van der Waals surface area contributed by atoms with E-state index < -0.39 is 0 Å². The van der Waals surface area contributed by atoms with Crippen LogP contribution < -0.4 is 4.74 Å². The van der Waals surface area contributed by atoms with Crippen LogP contribution >= 0.6 is 11.6 Å². The number of esters is 2. The van der Waals surface area contributed by atoms with Crippen molar-refractivity contribution in [2.75, 3.05) is 6.61 Å². The maximum absolute atomic E-state index is 12.8. The van der Waals surface area contributed by atoms with E-state index in [4.69, 9.17) is 21.1 Å². The summed E-state index contributed by atoms with van der Waals surface area (Å²) in [5, 5.41) is 0.656. The monoisotopic (exact) mass is 530 g/mol. The van der Waals surface area contributed by atoms with Crippen LogP contribution in [0.1, 0.15) is 109 Å². The van der Waals surface area contributed by atoms with Gasteiger partial charge in [-0.15, -0.1) is 0 Å². The zero-order chi connectivity index (χ0) is 26.6. The van der Waals surface area contributed by atoms with Gasteiger partial charge in [-0.05, 0) is 100 Å². The molecular weight excluding hydrogens is 484 g/mol. The summed E-state index contributed by atoms with van der Waals surface area (Å²) in [7, 11) is 0. The molecule has 4 nitrogen and oxygen atoms in total. The summed E-state index contributed by atoms with van der Waals surface area (Å²) in [6, 6.07) is 5.63. The Morgan fingerprint density at radius 3 is 2.22 bits per heavy atom. The van der Waals surface area contributed by atoms with Crippen molar-refractivity contribution in [1.82, 2.24) is 0 Å². The van der Waals surface area contributed by atoms with Crippen molar-refractivity contribution >= 4 is 23.5 Å². The van der Waals surface area contributed by atoms with E-state index in [1.54, 1.807) is 13.0 Å². The summed E-state index contributed by atoms with van der Waals surface area (Å²) in [6.45, 7) is 7.97. The van der Waals surface area contributed by atoms with Gasteiger partial charge in [-0.2, -0.15) is 0 Å². The van der Waals surface area contributed by atoms with Gasteiger partial charge < -0.3 is 9.47 Å². The van der Waals surface area contributed by atoms with Gasteiger partial charge in [-0.25, -0.2) is 4.79 Å². The molecule has 0 saturated heterocycles. The van der Waals surface area contributed by atoms with Crippen molar-refractivity contribution in [3.8, 4) is 5.75 Å². The number of carbonyl (C=O) groups is 2. The predicted molar refractivity (Wildman–Crippen MR) is 151 cm³/mol. The third-order valence-corrected chi connectivity index (χ3v) is 8.88. The number of hydrogen-bond acceptors (Lipinski definition) is 4. The second-order valence-corrected chi connectivity index (χ2v) is 11.8. The molecule has 0 bridgehead atoms. The van der Waals surface area contributed by atoms with Crippen LogP contribution in [0.2, 0.25) is 5.02 Å². The number of hydrogen-bond donors (Lipinski definition) is 0. The van der Waals surface area contributed by atoms with E-state index in [0.717, 1.165) is 68.3 Å². The van der Waals surface area contributed by atoms with Crippen molar-refractivity contribution in [1.29, 1.82) is 0 Å². The summed E-state index contributed by atoms with van der Waals surface area (Å²) >= 11 is 6.50. The molecule has 0 spiro atoms. The number of carbonyl (C=O) groups excluding carboxylic acids is 2. The first-order valence-corrected chi connectivity index (χ1v) is 15.1. The van der Waals surface area contributed by atoms with Crippen molar-refractivity contribution in [2.24, 2.45) is 23.7 Å². The fraction of sp³-hybridized carbons (Fsp3) is 0.688. The Morgan fingerprint density at radius 1 is 0.946 bits per heavy atom. The van der Waals surface area contributed by atoms with Gasteiger partial charge in [0.2, 0.25) is 0 Å². The van der Waals surface area contributed by atoms with Gasteiger partial charge in [0, 0.05) is 10.6 Å². The molecule has 37 heavy (non-hydrogen) atoms. The van der Waals surface area contributed by atoms with E-state index in [-0.39, 0.29) is 17.9 Å². The number of aryl methyl sites for hydroxylation is 1. The zero-order valence-electron chi connectivity index (χ0n) is 23.1. The molecule has 206 valence electrons. The van der Waals surface area contributed by atoms with Gasteiger partial charge in [0.25, 0.3) is 0 Å². The lowest BCUT2D eigenvalue weighted by molar-refractivity contribution is -0.140. The molecule has 0 amide bonds. The van der Waals surface area contributed by atoms with Gasteiger partial charge in [0.1, 0.15) is 5.75 Å². The molecule has 2 fully saturated rings. The fourth-order valence-electron chi connectivity index (χ4n) is 6.24. The number of halogens is 1. The van der Waals surface area contributed by atoms with Crippen LogP contribution in [-0.4, -0.2) is 18.5 Å². The smallest absolute Gasteiger partial charge is 0.333 e. The highest BCUT2D eigenvalue weighted by Crippen LogP contribution is 2.42. The first-order valence-electron chi connectivity index (χ1n) is 14.7. The van der Waals surface area contributed by atoms with E-state index in [1.807, 2.05) is 12.1 Å². The second kappa shape index (κ2) is 15.6. The first-order chi connectivity index (χ1) is 17.9. The molecule has 3 rings (SSSR count). The standard InChI is InChI=1S/C32H47ClO4/c1-4-9-24-11-13-25(14-12-24)26-15-17-28(18-16-26)32(35)37-29-20-19-27(30(33)22-29)10-7-5-6-8-21-36-31(34)23(2)3/h19-20,22,24-26,28H,2,4-18,21H2,1,3H3.